The Morgan fingerprint density at radius 1 is 1.41 bits per heavy atom. The van der Waals surface area contributed by atoms with Crippen molar-refractivity contribution in [3.63, 3.8) is 0 Å². The van der Waals surface area contributed by atoms with Crippen LogP contribution in [0.25, 0.3) is 11.4 Å². The molecule has 1 aromatic carbocycles. The van der Waals surface area contributed by atoms with Crippen molar-refractivity contribution in [2.45, 2.75) is 26.3 Å². The molecule has 88 valence electrons. The SMILES string of the molecule is CC1CCc2nc(-c3cccc(F)c3)nn2C1. The first-order valence-electron chi connectivity index (χ1n) is 5.92. The van der Waals surface area contributed by atoms with Gasteiger partial charge in [-0.1, -0.05) is 19.1 Å². The van der Waals surface area contributed by atoms with Gasteiger partial charge in [-0.15, -0.1) is 0 Å². The summed E-state index contributed by atoms with van der Waals surface area (Å²) in [4.78, 5) is 4.48. The Labute approximate surface area is 99.3 Å². The van der Waals surface area contributed by atoms with Gasteiger partial charge < -0.3 is 0 Å². The van der Waals surface area contributed by atoms with Crippen molar-refractivity contribution >= 4 is 0 Å². The molecule has 0 bridgehead atoms. The zero-order valence-electron chi connectivity index (χ0n) is 9.73. The zero-order chi connectivity index (χ0) is 11.8. The van der Waals surface area contributed by atoms with Crippen molar-refractivity contribution in [3.8, 4) is 11.4 Å². The van der Waals surface area contributed by atoms with Crippen molar-refractivity contribution in [2.24, 2.45) is 5.92 Å². The van der Waals surface area contributed by atoms with Crippen LogP contribution in [0, 0.1) is 11.7 Å². The van der Waals surface area contributed by atoms with Crippen LogP contribution < -0.4 is 0 Å². The average Bonchev–Trinajstić information content (AvgIpc) is 2.72. The Bertz CT molecular complexity index is 547. The van der Waals surface area contributed by atoms with Crippen molar-refractivity contribution in [1.82, 2.24) is 14.8 Å². The highest BCUT2D eigenvalue weighted by molar-refractivity contribution is 5.54. The summed E-state index contributed by atoms with van der Waals surface area (Å²) < 4.78 is 15.1. The van der Waals surface area contributed by atoms with Crippen LogP contribution in [0.5, 0.6) is 0 Å². The summed E-state index contributed by atoms with van der Waals surface area (Å²) in [7, 11) is 0. The summed E-state index contributed by atoms with van der Waals surface area (Å²) in [6.45, 7) is 3.13. The Balaban J connectivity index is 2.00. The van der Waals surface area contributed by atoms with E-state index in [0.717, 1.165) is 30.8 Å². The maximum Gasteiger partial charge on any atom is 0.181 e. The smallest absolute Gasteiger partial charge is 0.181 e. The summed E-state index contributed by atoms with van der Waals surface area (Å²) >= 11 is 0. The van der Waals surface area contributed by atoms with E-state index in [1.54, 1.807) is 6.07 Å². The molecule has 0 spiro atoms. The van der Waals surface area contributed by atoms with Crippen LogP contribution in [0.1, 0.15) is 19.2 Å². The van der Waals surface area contributed by atoms with E-state index in [9.17, 15) is 4.39 Å². The molecule has 1 aromatic heterocycles. The second-order valence-electron chi connectivity index (χ2n) is 4.69. The van der Waals surface area contributed by atoms with E-state index < -0.39 is 0 Å². The molecule has 17 heavy (non-hydrogen) atoms. The fourth-order valence-electron chi connectivity index (χ4n) is 2.22. The first-order valence-corrected chi connectivity index (χ1v) is 5.92. The van der Waals surface area contributed by atoms with E-state index in [2.05, 4.69) is 17.0 Å². The minimum atomic E-state index is -0.247. The number of halogens is 1. The molecule has 1 atom stereocenters. The van der Waals surface area contributed by atoms with Gasteiger partial charge in [0.2, 0.25) is 0 Å². The number of hydrogen-bond acceptors (Lipinski definition) is 2. The second kappa shape index (κ2) is 3.95. The molecule has 3 rings (SSSR count). The van der Waals surface area contributed by atoms with Gasteiger partial charge in [-0.05, 0) is 24.5 Å². The van der Waals surface area contributed by atoms with Crippen LogP contribution >= 0.6 is 0 Å². The number of fused-ring (bicyclic) bond motifs is 1. The molecule has 2 aromatic rings. The van der Waals surface area contributed by atoms with Crippen molar-refractivity contribution < 1.29 is 4.39 Å². The standard InChI is InChI=1S/C13H14FN3/c1-9-5-6-12-15-13(16-17(12)8-9)10-3-2-4-11(14)7-10/h2-4,7,9H,5-6,8H2,1H3. The van der Waals surface area contributed by atoms with E-state index in [0.29, 0.717) is 11.7 Å². The fourth-order valence-corrected chi connectivity index (χ4v) is 2.22. The number of benzene rings is 1. The van der Waals surface area contributed by atoms with Gasteiger partial charge in [0.15, 0.2) is 5.82 Å². The summed E-state index contributed by atoms with van der Waals surface area (Å²) in [5.74, 6) is 2.05. The molecule has 0 amide bonds. The van der Waals surface area contributed by atoms with Crippen LogP contribution in [-0.2, 0) is 13.0 Å². The summed E-state index contributed by atoms with van der Waals surface area (Å²) in [5, 5.41) is 4.45. The Kier molecular flexibility index (Phi) is 2.42. The predicted octanol–water partition coefficient (Wildman–Crippen LogP) is 2.67. The Hall–Kier alpha value is -1.71. The molecule has 2 heterocycles. The van der Waals surface area contributed by atoms with Crippen molar-refractivity contribution in [1.29, 1.82) is 0 Å². The molecule has 0 N–H and O–H groups in total. The number of aromatic nitrogens is 3. The molecule has 1 aliphatic rings. The third-order valence-electron chi connectivity index (χ3n) is 3.18. The number of hydrogen-bond donors (Lipinski definition) is 0. The average molecular weight is 231 g/mol. The molecule has 0 saturated heterocycles. The van der Waals surface area contributed by atoms with E-state index in [4.69, 9.17) is 0 Å². The van der Waals surface area contributed by atoms with Crippen LogP contribution in [0.4, 0.5) is 4.39 Å². The lowest BCUT2D eigenvalue weighted by atomic mass is 10.0. The summed E-state index contributed by atoms with van der Waals surface area (Å²) in [6, 6.07) is 6.44. The third kappa shape index (κ3) is 1.95. The Morgan fingerprint density at radius 2 is 2.29 bits per heavy atom. The van der Waals surface area contributed by atoms with Gasteiger partial charge >= 0.3 is 0 Å². The lowest BCUT2D eigenvalue weighted by Crippen LogP contribution is -2.18. The second-order valence-corrected chi connectivity index (χ2v) is 4.69. The van der Waals surface area contributed by atoms with E-state index in [-0.39, 0.29) is 5.82 Å². The molecule has 1 aliphatic heterocycles. The number of rotatable bonds is 1. The fraction of sp³-hybridized carbons (Fsp3) is 0.385. The lowest BCUT2D eigenvalue weighted by molar-refractivity contribution is 0.368. The summed E-state index contributed by atoms with van der Waals surface area (Å²) in [5.41, 5.74) is 0.750. The highest BCUT2D eigenvalue weighted by Gasteiger charge is 2.19. The van der Waals surface area contributed by atoms with Crippen LogP contribution in [0.2, 0.25) is 0 Å². The van der Waals surface area contributed by atoms with Gasteiger partial charge in [0.25, 0.3) is 0 Å². The largest absolute Gasteiger partial charge is 0.249 e. The highest BCUT2D eigenvalue weighted by Crippen LogP contribution is 2.22. The molecule has 0 fully saturated rings. The maximum atomic E-state index is 13.1. The first-order chi connectivity index (χ1) is 8.22. The van der Waals surface area contributed by atoms with Gasteiger partial charge in [0.05, 0.1) is 0 Å². The molecular weight excluding hydrogens is 217 g/mol. The van der Waals surface area contributed by atoms with E-state index in [1.807, 2.05) is 10.7 Å². The van der Waals surface area contributed by atoms with Crippen molar-refractivity contribution in [2.75, 3.05) is 0 Å². The first kappa shape index (κ1) is 10.4. The van der Waals surface area contributed by atoms with Gasteiger partial charge in [-0.2, -0.15) is 5.10 Å². The minimum absolute atomic E-state index is 0.247. The highest BCUT2D eigenvalue weighted by atomic mass is 19.1. The molecule has 0 aliphatic carbocycles. The molecule has 4 heteroatoms. The van der Waals surface area contributed by atoms with Gasteiger partial charge in [-0.3, -0.25) is 0 Å². The van der Waals surface area contributed by atoms with Crippen LogP contribution in [-0.4, -0.2) is 14.8 Å². The third-order valence-corrected chi connectivity index (χ3v) is 3.18. The predicted molar refractivity (Wildman–Crippen MR) is 62.9 cm³/mol. The molecule has 0 saturated carbocycles. The van der Waals surface area contributed by atoms with Gasteiger partial charge in [0, 0.05) is 18.5 Å². The number of aryl methyl sites for hydroxylation is 1. The quantitative estimate of drug-likeness (QED) is 0.755. The topological polar surface area (TPSA) is 30.7 Å². The summed E-state index contributed by atoms with van der Waals surface area (Å²) in [6.07, 6.45) is 2.12. The number of nitrogens with zero attached hydrogens (tertiary/aromatic N) is 3. The molecule has 0 radical (unpaired) electrons. The molecular formula is C13H14FN3. The molecule has 3 nitrogen and oxygen atoms in total. The van der Waals surface area contributed by atoms with Crippen LogP contribution in [0.3, 0.4) is 0 Å². The zero-order valence-corrected chi connectivity index (χ0v) is 9.73. The van der Waals surface area contributed by atoms with Crippen molar-refractivity contribution in [3.05, 3.63) is 35.9 Å². The minimum Gasteiger partial charge on any atom is -0.249 e. The van der Waals surface area contributed by atoms with E-state index >= 15 is 0 Å². The van der Waals surface area contributed by atoms with Crippen LogP contribution in [0.15, 0.2) is 24.3 Å². The normalized spacial score (nSPS) is 19.1. The Morgan fingerprint density at radius 3 is 3.12 bits per heavy atom. The van der Waals surface area contributed by atoms with E-state index in [1.165, 1.54) is 12.1 Å². The molecule has 1 unspecified atom stereocenters. The lowest BCUT2D eigenvalue weighted by Gasteiger charge is -2.17. The maximum absolute atomic E-state index is 13.1. The monoisotopic (exact) mass is 231 g/mol. The van der Waals surface area contributed by atoms with Gasteiger partial charge in [0.1, 0.15) is 11.6 Å². The van der Waals surface area contributed by atoms with Gasteiger partial charge in [-0.25, -0.2) is 14.1 Å².